The van der Waals surface area contributed by atoms with Gasteiger partial charge >= 0.3 is 5.97 Å². The average Bonchev–Trinajstić information content (AvgIpc) is 2.33. The summed E-state index contributed by atoms with van der Waals surface area (Å²) in [6.45, 7) is 1.55. The number of aryl methyl sites for hydroxylation is 1. The lowest BCUT2D eigenvalue weighted by atomic mass is 9.98. The summed E-state index contributed by atoms with van der Waals surface area (Å²) in [5.74, 6) is -4.46. The third kappa shape index (κ3) is 2.45. The first-order valence-electron chi connectivity index (χ1n) is 5.39. The van der Waals surface area contributed by atoms with Crippen molar-refractivity contribution >= 4 is 5.97 Å². The summed E-state index contributed by atoms with van der Waals surface area (Å²) in [6.07, 6.45) is 0. The van der Waals surface area contributed by atoms with Crippen LogP contribution in [0.4, 0.5) is 13.2 Å². The minimum absolute atomic E-state index is 0.0264. The molecule has 0 fully saturated rings. The predicted octanol–water partition coefficient (Wildman–Crippen LogP) is 3.78. The van der Waals surface area contributed by atoms with Gasteiger partial charge in [-0.15, -0.1) is 0 Å². The molecule has 0 saturated carbocycles. The van der Waals surface area contributed by atoms with Gasteiger partial charge in [0.25, 0.3) is 0 Å². The number of aromatic carboxylic acids is 1. The molecule has 19 heavy (non-hydrogen) atoms. The van der Waals surface area contributed by atoms with Gasteiger partial charge in [0, 0.05) is 11.6 Å². The monoisotopic (exact) mass is 266 g/mol. The third-order valence-electron chi connectivity index (χ3n) is 2.76. The molecule has 2 nitrogen and oxygen atoms in total. The van der Waals surface area contributed by atoms with E-state index in [1.54, 1.807) is 6.92 Å². The van der Waals surface area contributed by atoms with Crippen LogP contribution in [-0.4, -0.2) is 11.1 Å². The zero-order valence-corrected chi connectivity index (χ0v) is 9.88. The molecule has 0 saturated heterocycles. The summed E-state index contributed by atoms with van der Waals surface area (Å²) >= 11 is 0. The number of carboxylic acids is 1. The Morgan fingerprint density at radius 1 is 1.05 bits per heavy atom. The maximum Gasteiger partial charge on any atom is 0.335 e. The van der Waals surface area contributed by atoms with Crippen molar-refractivity contribution < 1.29 is 23.1 Å². The van der Waals surface area contributed by atoms with Crippen LogP contribution < -0.4 is 0 Å². The van der Waals surface area contributed by atoms with Crippen LogP contribution in [-0.2, 0) is 0 Å². The smallest absolute Gasteiger partial charge is 0.335 e. The molecule has 2 aromatic carbocycles. The number of benzene rings is 2. The summed E-state index contributed by atoms with van der Waals surface area (Å²) in [6, 6.07) is 5.24. The topological polar surface area (TPSA) is 37.3 Å². The lowest BCUT2D eigenvalue weighted by Gasteiger charge is -2.09. The average molecular weight is 266 g/mol. The second-order valence-corrected chi connectivity index (χ2v) is 4.08. The molecule has 2 rings (SSSR count). The molecule has 98 valence electrons. The highest BCUT2D eigenvalue weighted by Gasteiger charge is 2.15. The summed E-state index contributed by atoms with van der Waals surface area (Å²) in [5.41, 5.74) is 0.468. The van der Waals surface area contributed by atoms with E-state index in [2.05, 4.69) is 0 Å². The SMILES string of the molecule is Cc1cc(C(=O)O)ccc1-c1cc(F)cc(F)c1F. The summed E-state index contributed by atoms with van der Waals surface area (Å²) in [7, 11) is 0. The minimum Gasteiger partial charge on any atom is -0.478 e. The molecular weight excluding hydrogens is 257 g/mol. The maximum absolute atomic E-state index is 13.6. The Labute approximate surface area is 107 Å². The Morgan fingerprint density at radius 3 is 2.32 bits per heavy atom. The van der Waals surface area contributed by atoms with E-state index in [-0.39, 0.29) is 16.7 Å². The molecule has 0 heterocycles. The van der Waals surface area contributed by atoms with Crippen molar-refractivity contribution in [2.75, 3.05) is 0 Å². The zero-order valence-electron chi connectivity index (χ0n) is 9.88. The largest absolute Gasteiger partial charge is 0.478 e. The van der Waals surface area contributed by atoms with Crippen LogP contribution in [0, 0.1) is 24.4 Å². The molecular formula is C14H9F3O2. The Morgan fingerprint density at radius 2 is 1.74 bits per heavy atom. The zero-order chi connectivity index (χ0) is 14.2. The van der Waals surface area contributed by atoms with E-state index in [1.807, 2.05) is 0 Å². The summed E-state index contributed by atoms with van der Waals surface area (Å²) in [4.78, 5) is 10.8. The lowest BCUT2D eigenvalue weighted by Crippen LogP contribution is -1.99. The van der Waals surface area contributed by atoms with Crippen molar-refractivity contribution in [2.45, 2.75) is 6.92 Å². The van der Waals surface area contributed by atoms with E-state index in [4.69, 9.17) is 5.11 Å². The number of carboxylic acid groups (broad SMARTS) is 1. The number of carbonyl (C=O) groups is 1. The molecule has 0 aliphatic rings. The highest BCUT2D eigenvalue weighted by atomic mass is 19.2. The van der Waals surface area contributed by atoms with E-state index >= 15 is 0 Å². The van der Waals surface area contributed by atoms with Crippen LogP contribution in [0.25, 0.3) is 11.1 Å². The Balaban J connectivity index is 2.63. The molecule has 0 bridgehead atoms. The van der Waals surface area contributed by atoms with Gasteiger partial charge in [0.1, 0.15) is 5.82 Å². The molecule has 2 aromatic rings. The molecule has 0 atom stereocenters. The van der Waals surface area contributed by atoms with Crippen LogP contribution in [0.15, 0.2) is 30.3 Å². The van der Waals surface area contributed by atoms with Gasteiger partial charge in [0.2, 0.25) is 0 Å². The van der Waals surface area contributed by atoms with Gasteiger partial charge in [0.15, 0.2) is 11.6 Å². The fourth-order valence-electron chi connectivity index (χ4n) is 1.85. The third-order valence-corrected chi connectivity index (χ3v) is 2.76. The lowest BCUT2D eigenvalue weighted by molar-refractivity contribution is 0.0697. The van der Waals surface area contributed by atoms with Crippen LogP contribution in [0.2, 0.25) is 0 Å². The van der Waals surface area contributed by atoms with Crippen molar-refractivity contribution in [1.29, 1.82) is 0 Å². The van der Waals surface area contributed by atoms with E-state index in [0.29, 0.717) is 11.6 Å². The van der Waals surface area contributed by atoms with Crippen LogP contribution in [0.5, 0.6) is 0 Å². The highest BCUT2D eigenvalue weighted by molar-refractivity contribution is 5.89. The predicted molar refractivity (Wildman–Crippen MR) is 63.4 cm³/mol. The molecule has 0 aliphatic heterocycles. The fraction of sp³-hybridized carbons (Fsp3) is 0.0714. The maximum atomic E-state index is 13.6. The van der Waals surface area contributed by atoms with Crippen molar-refractivity contribution in [3.8, 4) is 11.1 Å². The second-order valence-electron chi connectivity index (χ2n) is 4.08. The van der Waals surface area contributed by atoms with Gasteiger partial charge in [-0.25, -0.2) is 18.0 Å². The highest BCUT2D eigenvalue weighted by Crippen LogP contribution is 2.29. The summed E-state index contributed by atoms with van der Waals surface area (Å²) in [5, 5.41) is 8.82. The van der Waals surface area contributed by atoms with Gasteiger partial charge < -0.3 is 5.11 Å². The molecule has 0 unspecified atom stereocenters. The van der Waals surface area contributed by atoms with E-state index in [0.717, 1.165) is 6.07 Å². The standard InChI is InChI=1S/C14H9F3O2/c1-7-4-8(14(18)19)2-3-10(7)11-5-9(15)6-12(16)13(11)17/h2-6H,1H3,(H,18,19). The first-order chi connectivity index (χ1) is 8.90. The molecule has 0 aliphatic carbocycles. The molecule has 0 radical (unpaired) electrons. The van der Waals surface area contributed by atoms with Gasteiger partial charge in [-0.1, -0.05) is 6.07 Å². The number of rotatable bonds is 2. The first kappa shape index (κ1) is 13.1. The Bertz CT molecular complexity index is 666. The molecule has 0 aromatic heterocycles. The molecule has 5 heteroatoms. The van der Waals surface area contributed by atoms with Gasteiger partial charge in [-0.05, 0) is 36.2 Å². The van der Waals surface area contributed by atoms with Crippen molar-refractivity contribution in [1.82, 2.24) is 0 Å². The van der Waals surface area contributed by atoms with Gasteiger partial charge in [-0.2, -0.15) is 0 Å². The van der Waals surface area contributed by atoms with E-state index < -0.39 is 23.4 Å². The first-order valence-corrected chi connectivity index (χ1v) is 5.39. The Hall–Kier alpha value is -2.30. The molecule has 0 amide bonds. The van der Waals surface area contributed by atoms with Crippen LogP contribution in [0.1, 0.15) is 15.9 Å². The van der Waals surface area contributed by atoms with E-state index in [9.17, 15) is 18.0 Å². The second kappa shape index (κ2) is 4.76. The Kier molecular flexibility index (Phi) is 3.29. The van der Waals surface area contributed by atoms with Crippen LogP contribution >= 0.6 is 0 Å². The van der Waals surface area contributed by atoms with Crippen molar-refractivity contribution in [2.24, 2.45) is 0 Å². The number of hydrogen-bond acceptors (Lipinski definition) is 1. The van der Waals surface area contributed by atoms with Gasteiger partial charge in [-0.3, -0.25) is 0 Å². The summed E-state index contributed by atoms with van der Waals surface area (Å²) < 4.78 is 39.9. The van der Waals surface area contributed by atoms with Crippen LogP contribution in [0.3, 0.4) is 0 Å². The minimum atomic E-state index is -1.28. The van der Waals surface area contributed by atoms with Gasteiger partial charge in [0.05, 0.1) is 5.56 Å². The fourth-order valence-corrected chi connectivity index (χ4v) is 1.85. The number of halogens is 3. The van der Waals surface area contributed by atoms with E-state index in [1.165, 1.54) is 18.2 Å². The molecule has 1 N–H and O–H groups in total. The molecule has 0 spiro atoms. The number of hydrogen-bond donors (Lipinski definition) is 1. The quantitative estimate of drug-likeness (QED) is 0.840. The van der Waals surface area contributed by atoms with Crippen molar-refractivity contribution in [3.63, 3.8) is 0 Å². The normalized spacial score (nSPS) is 10.5. The van der Waals surface area contributed by atoms with Crippen molar-refractivity contribution in [3.05, 3.63) is 58.9 Å².